The fourth-order valence-corrected chi connectivity index (χ4v) is 2.46. The molecule has 1 N–H and O–H groups in total. The lowest BCUT2D eigenvalue weighted by Crippen LogP contribution is -2.26. The SMILES string of the molecule is COc1ccc(Cl)cc1CN(C)C(=O)c1cccc(OC)c1O. The average molecular weight is 336 g/mol. The quantitative estimate of drug-likeness (QED) is 0.910. The minimum absolute atomic E-state index is 0.174. The number of rotatable bonds is 5. The van der Waals surface area contributed by atoms with Crippen LogP contribution < -0.4 is 9.47 Å². The number of hydrogen-bond acceptors (Lipinski definition) is 4. The van der Waals surface area contributed by atoms with E-state index in [1.54, 1.807) is 50.6 Å². The lowest BCUT2D eigenvalue weighted by Gasteiger charge is -2.20. The molecule has 0 aliphatic heterocycles. The van der Waals surface area contributed by atoms with Gasteiger partial charge in [0.05, 0.1) is 19.8 Å². The Bertz CT molecular complexity index is 718. The van der Waals surface area contributed by atoms with E-state index in [0.29, 0.717) is 17.3 Å². The molecule has 2 aromatic carbocycles. The van der Waals surface area contributed by atoms with Gasteiger partial charge in [-0.25, -0.2) is 0 Å². The van der Waals surface area contributed by atoms with Gasteiger partial charge in [-0.05, 0) is 30.3 Å². The third-order valence-electron chi connectivity index (χ3n) is 3.45. The van der Waals surface area contributed by atoms with Crippen LogP contribution in [0.5, 0.6) is 17.2 Å². The molecule has 2 aromatic rings. The summed E-state index contributed by atoms with van der Waals surface area (Å²) in [7, 11) is 4.63. The summed E-state index contributed by atoms with van der Waals surface area (Å²) >= 11 is 6.00. The summed E-state index contributed by atoms with van der Waals surface area (Å²) in [5.41, 5.74) is 0.950. The van der Waals surface area contributed by atoms with Crippen molar-refractivity contribution >= 4 is 17.5 Å². The summed E-state index contributed by atoms with van der Waals surface area (Å²) in [5.74, 6) is 0.391. The van der Waals surface area contributed by atoms with E-state index >= 15 is 0 Å². The molecule has 0 fully saturated rings. The molecule has 0 aliphatic carbocycles. The Morgan fingerprint density at radius 2 is 1.87 bits per heavy atom. The third-order valence-corrected chi connectivity index (χ3v) is 3.68. The van der Waals surface area contributed by atoms with E-state index in [1.165, 1.54) is 12.0 Å². The molecule has 23 heavy (non-hydrogen) atoms. The van der Waals surface area contributed by atoms with Gasteiger partial charge in [-0.2, -0.15) is 0 Å². The lowest BCUT2D eigenvalue weighted by atomic mass is 10.1. The summed E-state index contributed by atoms with van der Waals surface area (Å²) in [5, 5.41) is 10.7. The minimum Gasteiger partial charge on any atom is -0.504 e. The van der Waals surface area contributed by atoms with Crippen molar-refractivity contribution in [1.82, 2.24) is 4.90 Å². The largest absolute Gasteiger partial charge is 0.504 e. The van der Waals surface area contributed by atoms with Crippen LogP contribution >= 0.6 is 11.6 Å². The molecule has 0 heterocycles. The molecule has 0 aliphatic rings. The third kappa shape index (κ3) is 3.68. The van der Waals surface area contributed by atoms with Crippen LogP contribution in [0, 0.1) is 0 Å². The molecule has 5 nitrogen and oxygen atoms in total. The number of aromatic hydroxyl groups is 1. The number of hydrogen-bond donors (Lipinski definition) is 1. The van der Waals surface area contributed by atoms with Crippen molar-refractivity contribution in [2.24, 2.45) is 0 Å². The maximum absolute atomic E-state index is 12.6. The van der Waals surface area contributed by atoms with E-state index in [1.807, 2.05) is 0 Å². The van der Waals surface area contributed by atoms with Crippen molar-refractivity contribution in [3.8, 4) is 17.2 Å². The molecule has 0 saturated carbocycles. The van der Waals surface area contributed by atoms with E-state index in [4.69, 9.17) is 21.1 Å². The molecule has 6 heteroatoms. The van der Waals surface area contributed by atoms with Gasteiger partial charge in [0.2, 0.25) is 0 Å². The summed E-state index contributed by atoms with van der Waals surface area (Å²) in [6.45, 7) is 0.291. The van der Waals surface area contributed by atoms with Gasteiger partial charge in [0.25, 0.3) is 5.91 Å². The highest BCUT2D eigenvalue weighted by Gasteiger charge is 2.19. The number of amides is 1. The smallest absolute Gasteiger partial charge is 0.257 e. The minimum atomic E-state index is -0.330. The molecular weight excluding hydrogens is 318 g/mol. The van der Waals surface area contributed by atoms with E-state index in [2.05, 4.69) is 0 Å². The number of para-hydroxylation sites is 1. The van der Waals surface area contributed by atoms with Crippen LogP contribution in [-0.4, -0.2) is 37.2 Å². The highest BCUT2D eigenvalue weighted by atomic mass is 35.5. The zero-order chi connectivity index (χ0) is 17.0. The van der Waals surface area contributed by atoms with Crippen molar-refractivity contribution in [2.75, 3.05) is 21.3 Å². The van der Waals surface area contributed by atoms with Crippen molar-refractivity contribution in [3.05, 3.63) is 52.5 Å². The number of phenols is 1. The van der Waals surface area contributed by atoms with E-state index in [0.717, 1.165) is 5.56 Å². The molecular formula is C17H18ClNO4. The second-order valence-corrected chi connectivity index (χ2v) is 5.41. The highest BCUT2D eigenvalue weighted by molar-refractivity contribution is 6.30. The maximum atomic E-state index is 12.6. The van der Waals surface area contributed by atoms with Gasteiger partial charge in [-0.1, -0.05) is 17.7 Å². The van der Waals surface area contributed by atoms with Gasteiger partial charge in [0, 0.05) is 24.2 Å². The van der Waals surface area contributed by atoms with Gasteiger partial charge in [0.15, 0.2) is 11.5 Å². The summed E-state index contributed by atoms with van der Waals surface area (Å²) < 4.78 is 10.3. The lowest BCUT2D eigenvalue weighted by molar-refractivity contribution is 0.0780. The van der Waals surface area contributed by atoms with Crippen molar-refractivity contribution in [3.63, 3.8) is 0 Å². The molecule has 1 amide bonds. The van der Waals surface area contributed by atoms with Crippen LogP contribution in [-0.2, 0) is 6.54 Å². The van der Waals surface area contributed by atoms with Crippen LogP contribution in [0.4, 0.5) is 0 Å². The predicted molar refractivity (Wildman–Crippen MR) is 88.5 cm³/mol. The molecule has 0 aromatic heterocycles. The highest BCUT2D eigenvalue weighted by Crippen LogP contribution is 2.31. The Hall–Kier alpha value is -2.40. The summed E-state index contributed by atoms with van der Waals surface area (Å²) in [6.07, 6.45) is 0. The van der Waals surface area contributed by atoms with Crippen LogP contribution in [0.1, 0.15) is 15.9 Å². The Morgan fingerprint density at radius 3 is 2.52 bits per heavy atom. The van der Waals surface area contributed by atoms with E-state index in [-0.39, 0.29) is 23.0 Å². The topological polar surface area (TPSA) is 59.0 Å². The van der Waals surface area contributed by atoms with Gasteiger partial charge in [-0.3, -0.25) is 4.79 Å². The molecule has 0 unspecified atom stereocenters. The van der Waals surface area contributed by atoms with Gasteiger partial charge in [-0.15, -0.1) is 0 Å². The maximum Gasteiger partial charge on any atom is 0.257 e. The normalized spacial score (nSPS) is 10.3. The first kappa shape index (κ1) is 17.0. The van der Waals surface area contributed by atoms with Crippen LogP contribution in [0.3, 0.4) is 0 Å². The first-order valence-corrected chi connectivity index (χ1v) is 7.29. The van der Waals surface area contributed by atoms with Gasteiger partial charge in [0.1, 0.15) is 5.75 Å². The van der Waals surface area contributed by atoms with E-state index < -0.39 is 0 Å². The fourth-order valence-electron chi connectivity index (χ4n) is 2.26. The molecule has 122 valence electrons. The number of halogens is 1. The van der Waals surface area contributed by atoms with Crippen molar-refractivity contribution in [2.45, 2.75) is 6.54 Å². The number of ether oxygens (including phenoxy) is 2. The molecule has 0 bridgehead atoms. The second kappa shape index (κ2) is 7.24. The zero-order valence-electron chi connectivity index (χ0n) is 13.2. The molecule has 0 spiro atoms. The van der Waals surface area contributed by atoms with Gasteiger partial charge < -0.3 is 19.5 Å². The number of nitrogens with zero attached hydrogens (tertiary/aromatic N) is 1. The molecule has 0 radical (unpaired) electrons. The first-order valence-electron chi connectivity index (χ1n) is 6.91. The summed E-state index contributed by atoms with van der Waals surface area (Å²) in [6, 6.07) is 10.0. The van der Waals surface area contributed by atoms with Crippen molar-refractivity contribution in [1.29, 1.82) is 0 Å². The zero-order valence-corrected chi connectivity index (χ0v) is 13.9. The number of methoxy groups -OCH3 is 2. The number of carbonyl (C=O) groups is 1. The average Bonchev–Trinajstić information content (AvgIpc) is 2.54. The van der Waals surface area contributed by atoms with E-state index in [9.17, 15) is 9.90 Å². The molecule has 2 rings (SSSR count). The van der Waals surface area contributed by atoms with Crippen molar-refractivity contribution < 1.29 is 19.4 Å². The summed E-state index contributed by atoms with van der Waals surface area (Å²) in [4.78, 5) is 14.0. The fraction of sp³-hybridized carbons (Fsp3) is 0.235. The number of benzene rings is 2. The Labute approximate surface area is 140 Å². The Morgan fingerprint density at radius 1 is 1.17 bits per heavy atom. The number of carbonyl (C=O) groups excluding carboxylic acids is 1. The Kier molecular flexibility index (Phi) is 5.34. The monoisotopic (exact) mass is 335 g/mol. The second-order valence-electron chi connectivity index (χ2n) is 4.97. The van der Waals surface area contributed by atoms with Crippen LogP contribution in [0.25, 0.3) is 0 Å². The molecule has 0 atom stereocenters. The number of phenolic OH excluding ortho intramolecular Hbond substituents is 1. The van der Waals surface area contributed by atoms with Crippen LogP contribution in [0.2, 0.25) is 5.02 Å². The standard InChI is InChI=1S/C17H18ClNO4/c1-19(10-11-9-12(18)7-8-14(11)22-2)17(21)13-5-4-6-15(23-3)16(13)20/h4-9,20H,10H2,1-3H3. The first-order chi connectivity index (χ1) is 11.0. The predicted octanol–water partition coefficient (Wildman–Crippen LogP) is 3.34. The molecule has 0 saturated heterocycles. The van der Waals surface area contributed by atoms with Gasteiger partial charge >= 0.3 is 0 Å². The Balaban J connectivity index is 2.26. The van der Waals surface area contributed by atoms with Crippen LogP contribution in [0.15, 0.2) is 36.4 Å².